The Balaban J connectivity index is 1.98. The van der Waals surface area contributed by atoms with Crippen LogP contribution in [0.4, 0.5) is 0 Å². The van der Waals surface area contributed by atoms with Crippen molar-refractivity contribution in [3.63, 3.8) is 0 Å². The molecule has 0 heterocycles. The molecule has 1 saturated carbocycles. The van der Waals surface area contributed by atoms with Gasteiger partial charge in [-0.1, -0.05) is 13.8 Å². The summed E-state index contributed by atoms with van der Waals surface area (Å²) in [7, 11) is 2.27. The lowest BCUT2D eigenvalue weighted by atomic mass is 10.2. The molecule has 1 N–H and O–H groups in total. The van der Waals surface area contributed by atoms with Crippen molar-refractivity contribution in [3.05, 3.63) is 0 Å². The highest BCUT2D eigenvalue weighted by Gasteiger charge is 2.24. The molecule has 90 valence electrons. The molecule has 1 rings (SSSR count). The van der Waals surface area contributed by atoms with Gasteiger partial charge in [-0.25, -0.2) is 0 Å². The van der Waals surface area contributed by atoms with Gasteiger partial charge in [-0.15, -0.1) is 0 Å². The summed E-state index contributed by atoms with van der Waals surface area (Å²) in [4.78, 5) is 2.52. The van der Waals surface area contributed by atoms with Gasteiger partial charge in [0.2, 0.25) is 0 Å². The lowest BCUT2D eigenvalue weighted by Gasteiger charge is -2.24. The van der Waals surface area contributed by atoms with E-state index in [0.29, 0.717) is 0 Å². The first-order valence-electron chi connectivity index (χ1n) is 6.50. The van der Waals surface area contributed by atoms with Crippen molar-refractivity contribution in [2.24, 2.45) is 11.8 Å². The van der Waals surface area contributed by atoms with E-state index in [1.54, 1.807) is 0 Å². The summed E-state index contributed by atoms with van der Waals surface area (Å²) in [5.41, 5.74) is 0. The molecule has 1 unspecified atom stereocenters. The van der Waals surface area contributed by atoms with Crippen LogP contribution in [0.5, 0.6) is 0 Å². The van der Waals surface area contributed by atoms with E-state index in [2.05, 4.69) is 38.0 Å². The van der Waals surface area contributed by atoms with E-state index < -0.39 is 0 Å². The van der Waals surface area contributed by atoms with E-state index >= 15 is 0 Å². The molecule has 0 aromatic carbocycles. The van der Waals surface area contributed by atoms with Crippen LogP contribution in [0.1, 0.15) is 40.0 Å². The zero-order valence-corrected chi connectivity index (χ0v) is 10.9. The topological polar surface area (TPSA) is 15.3 Å². The predicted molar refractivity (Wildman–Crippen MR) is 67.1 cm³/mol. The van der Waals surface area contributed by atoms with E-state index in [9.17, 15) is 0 Å². The molecule has 0 aromatic rings. The number of rotatable bonds is 8. The monoisotopic (exact) mass is 212 g/mol. The molecule has 2 heteroatoms. The van der Waals surface area contributed by atoms with Gasteiger partial charge >= 0.3 is 0 Å². The number of nitrogens with zero attached hydrogens (tertiary/aromatic N) is 1. The molecule has 1 aliphatic rings. The maximum Gasteiger partial charge on any atom is 0.00760 e. The Labute approximate surface area is 95.4 Å². The Morgan fingerprint density at radius 1 is 1.27 bits per heavy atom. The first kappa shape index (κ1) is 13.0. The Kier molecular flexibility index (Phi) is 5.62. The maximum absolute atomic E-state index is 3.51. The van der Waals surface area contributed by atoms with Crippen LogP contribution in [-0.2, 0) is 0 Å². The highest BCUT2D eigenvalue weighted by atomic mass is 15.1. The van der Waals surface area contributed by atoms with Crippen LogP contribution in [0.15, 0.2) is 0 Å². The molecule has 1 fully saturated rings. The normalized spacial score (nSPS) is 18.8. The fraction of sp³-hybridized carbons (Fsp3) is 1.00. The molecule has 0 radical (unpaired) electrons. The van der Waals surface area contributed by atoms with Gasteiger partial charge in [-0.3, -0.25) is 0 Å². The maximum atomic E-state index is 3.51. The summed E-state index contributed by atoms with van der Waals surface area (Å²) in [5.74, 6) is 1.78. The van der Waals surface area contributed by atoms with Crippen molar-refractivity contribution in [2.45, 2.75) is 46.1 Å². The summed E-state index contributed by atoms with van der Waals surface area (Å²) in [5, 5.41) is 3.51. The van der Waals surface area contributed by atoms with Crippen molar-refractivity contribution >= 4 is 0 Å². The SMILES string of the molecule is CC(C)CNCCC(C)N(C)CC1CC1. The first-order chi connectivity index (χ1) is 7.09. The summed E-state index contributed by atoms with van der Waals surface area (Å²) < 4.78 is 0. The van der Waals surface area contributed by atoms with Crippen LogP contribution in [0, 0.1) is 11.8 Å². The average molecular weight is 212 g/mol. The molecule has 0 spiro atoms. The zero-order chi connectivity index (χ0) is 11.3. The third-order valence-corrected chi connectivity index (χ3v) is 3.29. The molecule has 0 bridgehead atoms. The highest BCUT2D eigenvalue weighted by Crippen LogP contribution is 2.29. The van der Waals surface area contributed by atoms with Crippen molar-refractivity contribution in [3.8, 4) is 0 Å². The van der Waals surface area contributed by atoms with Gasteiger partial charge in [0, 0.05) is 12.6 Å². The van der Waals surface area contributed by atoms with E-state index in [0.717, 1.165) is 31.0 Å². The third kappa shape index (κ3) is 6.16. The highest BCUT2D eigenvalue weighted by molar-refractivity contribution is 4.78. The van der Waals surface area contributed by atoms with Crippen LogP contribution in [0.25, 0.3) is 0 Å². The smallest absolute Gasteiger partial charge is 0.00760 e. The van der Waals surface area contributed by atoms with Gasteiger partial charge in [0.25, 0.3) is 0 Å². The first-order valence-corrected chi connectivity index (χ1v) is 6.50. The molecular formula is C13H28N2. The molecule has 1 aliphatic carbocycles. The minimum atomic E-state index is 0.727. The van der Waals surface area contributed by atoms with Gasteiger partial charge in [0.05, 0.1) is 0 Å². The fourth-order valence-electron chi connectivity index (χ4n) is 1.81. The van der Waals surface area contributed by atoms with Crippen LogP contribution in [-0.4, -0.2) is 37.6 Å². The minimum absolute atomic E-state index is 0.727. The minimum Gasteiger partial charge on any atom is -0.316 e. The standard InChI is InChI=1S/C13H28N2/c1-11(2)9-14-8-7-12(3)15(4)10-13-5-6-13/h11-14H,5-10H2,1-4H3. The summed E-state index contributed by atoms with van der Waals surface area (Å²) in [6.07, 6.45) is 4.20. The second kappa shape index (κ2) is 6.49. The lowest BCUT2D eigenvalue weighted by molar-refractivity contribution is 0.235. The largest absolute Gasteiger partial charge is 0.316 e. The summed E-state index contributed by atoms with van der Waals surface area (Å²) >= 11 is 0. The Hall–Kier alpha value is -0.0800. The van der Waals surface area contributed by atoms with Gasteiger partial charge in [0.15, 0.2) is 0 Å². The molecule has 0 aromatic heterocycles. The molecule has 0 amide bonds. The quantitative estimate of drug-likeness (QED) is 0.621. The van der Waals surface area contributed by atoms with Crippen molar-refractivity contribution in [2.75, 3.05) is 26.7 Å². The molecular weight excluding hydrogens is 184 g/mol. The second-order valence-electron chi connectivity index (χ2n) is 5.62. The Bertz CT molecular complexity index is 164. The van der Waals surface area contributed by atoms with Crippen molar-refractivity contribution in [1.29, 1.82) is 0 Å². The van der Waals surface area contributed by atoms with Crippen LogP contribution in [0.3, 0.4) is 0 Å². The number of hydrogen-bond donors (Lipinski definition) is 1. The van der Waals surface area contributed by atoms with Gasteiger partial charge in [-0.2, -0.15) is 0 Å². The van der Waals surface area contributed by atoms with Gasteiger partial charge < -0.3 is 10.2 Å². The summed E-state index contributed by atoms with van der Waals surface area (Å²) in [6, 6.07) is 0.727. The fourth-order valence-corrected chi connectivity index (χ4v) is 1.81. The second-order valence-corrected chi connectivity index (χ2v) is 5.62. The zero-order valence-electron chi connectivity index (χ0n) is 10.9. The van der Waals surface area contributed by atoms with Crippen LogP contribution < -0.4 is 5.32 Å². The third-order valence-electron chi connectivity index (χ3n) is 3.29. The number of nitrogens with one attached hydrogen (secondary N) is 1. The van der Waals surface area contributed by atoms with Gasteiger partial charge in [0.1, 0.15) is 0 Å². The number of hydrogen-bond acceptors (Lipinski definition) is 2. The van der Waals surface area contributed by atoms with Crippen LogP contribution >= 0.6 is 0 Å². The average Bonchev–Trinajstić information content (AvgIpc) is 2.95. The van der Waals surface area contributed by atoms with Crippen molar-refractivity contribution < 1.29 is 0 Å². The molecule has 15 heavy (non-hydrogen) atoms. The lowest BCUT2D eigenvalue weighted by Crippen LogP contribution is -2.34. The van der Waals surface area contributed by atoms with E-state index in [-0.39, 0.29) is 0 Å². The predicted octanol–water partition coefficient (Wildman–Crippen LogP) is 2.35. The molecule has 2 nitrogen and oxygen atoms in total. The molecule has 1 atom stereocenters. The molecule has 0 aliphatic heterocycles. The van der Waals surface area contributed by atoms with Gasteiger partial charge in [-0.05, 0) is 58.2 Å². The van der Waals surface area contributed by atoms with E-state index in [1.165, 1.54) is 25.8 Å². The van der Waals surface area contributed by atoms with Crippen LogP contribution in [0.2, 0.25) is 0 Å². The van der Waals surface area contributed by atoms with E-state index in [1.807, 2.05) is 0 Å². The Morgan fingerprint density at radius 3 is 2.47 bits per heavy atom. The molecule has 0 saturated heterocycles. The van der Waals surface area contributed by atoms with E-state index in [4.69, 9.17) is 0 Å². The Morgan fingerprint density at radius 2 is 1.93 bits per heavy atom. The summed E-state index contributed by atoms with van der Waals surface area (Å²) in [6.45, 7) is 10.5. The van der Waals surface area contributed by atoms with Crippen molar-refractivity contribution in [1.82, 2.24) is 10.2 Å².